The van der Waals surface area contributed by atoms with E-state index in [9.17, 15) is 0 Å². The third-order valence-electron chi connectivity index (χ3n) is 2.67. The van der Waals surface area contributed by atoms with E-state index in [0.717, 1.165) is 5.56 Å². The molecule has 0 aromatic heterocycles. The molecule has 0 aliphatic carbocycles. The highest BCUT2D eigenvalue weighted by Gasteiger charge is 2.03. The van der Waals surface area contributed by atoms with Crippen LogP contribution in [0.1, 0.15) is 5.56 Å². The van der Waals surface area contributed by atoms with Gasteiger partial charge in [-0.1, -0.05) is 23.2 Å². The van der Waals surface area contributed by atoms with Crippen LogP contribution in [0, 0.1) is 0 Å². The van der Waals surface area contributed by atoms with Gasteiger partial charge in [-0.3, -0.25) is 4.99 Å². The van der Waals surface area contributed by atoms with Gasteiger partial charge in [-0.25, -0.2) is 0 Å². The summed E-state index contributed by atoms with van der Waals surface area (Å²) in [6.45, 7) is 0. The molecule has 0 unspecified atom stereocenters. The summed E-state index contributed by atoms with van der Waals surface area (Å²) in [5.74, 6) is 1.32. The van der Waals surface area contributed by atoms with Gasteiger partial charge in [0.15, 0.2) is 11.5 Å². The summed E-state index contributed by atoms with van der Waals surface area (Å²) in [4.78, 5) is 4.33. The molecule has 2 aromatic rings. The standard InChI is InChI=1S/C15H13Cl2NO2/c1-19-14-6-3-10(7-15(14)20-2)9-18-13-8-11(16)4-5-12(13)17/h3-9H,1-2H3. The maximum Gasteiger partial charge on any atom is 0.161 e. The van der Waals surface area contributed by atoms with Gasteiger partial charge in [-0.15, -0.1) is 0 Å². The Balaban J connectivity index is 2.29. The molecule has 20 heavy (non-hydrogen) atoms. The highest BCUT2D eigenvalue weighted by molar-refractivity contribution is 6.35. The van der Waals surface area contributed by atoms with E-state index in [0.29, 0.717) is 27.2 Å². The summed E-state index contributed by atoms with van der Waals surface area (Å²) in [5, 5.41) is 1.14. The lowest BCUT2D eigenvalue weighted by Crippen LogP contribution is -1.91. The normalized spacial score (nSPS) is 10.8. The Morgan fingerprint density at radius 1 is 0.950 bits per heavy atom. The molecule has 0 aliphatic heterocycles. The lowest BCUT2D eigenvalue weighted by molar-refractivity contribution is 0.355. The fourth-order valence-corrected chi connectivity index (χ4v) is 1.99. The molecule has 0 radical (unpaired) electrons. The predicted molar refractivity (Wildman–Crippen MR) is 83.3 cm³/mol. The molecule has 0 heterocycles. The van der Waals surface area contributed by atoms with Gasteiger partial charge < -0.3 is 9.47 Å². The molecule has 3 nitrogen and oxygen atoms in total. The number of hydrogen-bond donors (Lipinski definition) is 0. The van der Waals surface area contributed by atoms with E-state index in [4.69, 9.17) is 32.7 Å². The molecule has 2 rings (SSSR count). The monoisotopic (exact) mass is 309 g/mol. The van der Waals surface area contributed by atoms with Crippen molar-refractivity contribution in [1.82, 2.24) is 0 Å². The van der Waals surface area contributed by atoms with Gasteiger partial charge in [0, 0.05) is 11.2 Å². The van der Waals surface area contributed by atoms with Gasteiger partial charge in [0.25, 0.3) is 0 Å². The minimum atomic E-state index is 0.547. The van der Waals surface area contributed by atoms with Crippen molar-refractivity contribution >= 4 is 35.1 Å². The Hall–Kier alpha value is -1.71. The SMILES string of the molecule is COc1ccc(C=Nc2cc(Cl)ccc2Cl)cc1OC. The maximum atomic E-state index is 6.05. The van der Waals surface area contributed by atoms with Crippen molar-refractivity contribution in [3.8, 4) is 11.5 Å². The van der Waals surface area contributed by atoms with Gasteiger partial charge in [0.1, 0.15) is 0 Å². The number of aliphatic imine (C=N–C) groups is 1. The van der Waals surface area contributed by atoms with Crippen molar-refractivity contribution in [2.75, 3.05) is 14.2 Å². The average molecular weight is 310 g/mol. The van der Waals surface area contributed by atoms with E-state index < -0.39 is 0 Å². The van der Waals surface area contributed by atoms with Gasteiger partial charge in [0.05, 0.1) is 24.9 Å². The van der Waals surface area contributed by atoms with Crippen LogP contribution in [0.2, 0.25) is 10.0 Å². The van der Waals surface area contributed by atoms with Crippen LogP contribution >= 0.6 is 23.2 Å². The zero-order chi connectivity index (χ0) is 14.5. The summed E-state index contributed by atoms with van der Waals surface area (Å²) in [6, 6.07) is 10.7. The van der Waals surface area contributed by atoms with Crippen LogP contribution < -0.4 is 9.47 Å². The third-order valence-corrected chi connectivity index (χ3v) is 3.22. The molecule has 104 valence electrons. The highest BCUT2D eigenvalue weighted by Crippen LogP contribution is 2.29. The van der Waals surface area contributed by atoms with Crippen molar-refractivity contribution in [2.24, 2.45) is 4.99 Å². The van der Waals surface area contributed by atoms with Crippen LogP contribution in [-0.2, 0) is 0 Å². The van der Waals surface area contributed by atoms with E-state index in [2.05, 4.69) is 4.99 Å². The maximum absolute atomic E-state index is 6.05. The minimum Gasteiger partial charge on any atom is -0.493 e. The van der Waals surface area contributed by atoms with Crippen LogP contribution in [0.3, 0.4) is 0 Å². The summed E-state index contributed by atoms with van der Waals surface area (Å²) in [6.07, 6.45) is 1.69. The number of hydrogen-bond acceptors (Lipinski definition) is 3. The molecular weight excluding hydrogens is 297 g/mol. The van der Waals surface area contributed by atoms with Crippen molar-refractivity contribution < 1.29 is 9.47 Å². The average Bonchev–Trinajstić information content (AvgIpc) is 2.47. The van der Waals surface area contributed by atoms with Crippen molar-refractivity contribution in [3.05, 3.63) is 52.0 Å². The lowest BCUT2D eigenvalue weighted by Gasteiger charge is -2.07. The second-order valence-corrected chi connectivity index (χ2v) is 4.81. The first-order valence-electron chi connectivity index (χ1n) is 5.85. The molecule has 0 saturated carbocycles. The number of benzene rings is 2. The fourth-order valence-electron chi connectivity index (χ4n) is 1.66. The second kappa shape index (κ2) is 6.64. The molecule has 0 aliphatic rings. The Labute approximate surface area is 127 Å². The van der Waals surface area contributed by atoms with Crippen LogP contribution in [0.5, 0.6) is 11.5 Å². The number of halogens is 2. The molecule has 0 N–H and O–H groups in total. The molecule has 0 amide bonds. The zero-order valence-electron chi connectivity index (χ0n) is 11.1. The minimum absolute atomic E-state index is 0.547. The molecule has 2 aromatic carbocycles. The molecule has 0 spiro atoms. The second-order valence-electron chi connectivity index (χ2n) is 3.97. The number of ether oxygens (including phenoxy) is 2. The summed E-state index contributed by atoms with van der Waals surface area (Å²) < 4.78 is 10.4. The smallest absolute Gasteiger partial charge is 0.161 e. The molecule has 0 bridgehead atoms. The Morgan fingerprint density at radius 2 is 1.70 bits per heavy atom. The largest absolute Gasteiger partial charge is 0.493 e. The summed E-state index contributed by atoms with van der Waals surface area (Å²) in [5.41, 5.74) is 1.49. The Bertz CT molecular complexity index is 642. The zero-order valence-corrected chi connectivity index (χ0v) is 12.6. The molecule has 0 fully saturated rings. The molecule has 0 atom stereocenters. The first-order valence-corrected chi connectivity index (χ1v) is 6.61. The van der Waals surface area contributed by atoms with Crippen molar-refractivity contribution in [1.29, 1.82) is 0 Å². The predicted octanol–water partition coefficient (Wildman–Crippen LogP) is 4.76. The topological polar surface area (TPSA) is 30.8 Å². The van der Waals surface area contributed by atoms with Crippen LogP contribution in [0.4, 0.5) is 5.69 Å². The van der Waals surface area contributed by atoms with Gasteiger partial charge in [-0.2, -0.15) is 0 Å². The summed E-state index contributed by atoms with van der Waals surface area (Å²) in [7, 11) is 3.18. The third kappa shape index (κ3) is 3.44. The fraction of sp³-hybridized carbons (Fsp3) is 0.133. The van der Waals surface area contributed by atoms with Crippen molar-refractivity contribution in [2.45, 2.75) is 0 Å². The van der Waals surface area contributed by atoms with E-state index in [1.165, 1.54) is 0 Å². The van der Waals surface area contributed by atoms with E-state index in [1.807, 2.05) is 18.2 Å². The van der Waals surface area contributed by atoms with Crippen LogP contribution in [0.15, 0.2) is 41.4 Å². The first kappa shape index (κ1) is 14.7. The summed E-state index contributed by atoms with van der Waals surface area (Å²) >= 11 is 12.0. The molecule has 5 heteroatoms. The van der Waals surface area contributed by atoms with Crippen LogP contribution in [0.25, 0.3) is 0 Å². The number of methoxy groups -OCH3 is 2. The van der Waals surface area contributed by atoms with Gasteiger partial charge in [0.2, 0.25) is 0 Å². The first-order chi connectivity index (χ1) is 9.63. The van der Waals surface area contributed by atoms with Crippen molar-refractivity contribution in [3.63, 3.8) is 0 Å². The van der Waals surface area contributed by atoms with E-state index in [-0.39, 0.29) is 0 Å². The quantitative estimate of drug-likeness (QED) is 0.762. The van der Waals surface area contributed by atoms with Gasteiger partial charge in [-0.05, 0) is 42.0 Å². The number of rotatable bonds is 4. The van der Waals surface area contributed by atoms with Gasteiger partial charge >= 0.3 is 0 Å². The highest BCUT2D eigenvalue weighted by atomic mass is 35.5. The van der Waals surface area contributed by atoms with Crippen LogP contribution in [-0.4, -0.2) is 20.4 Å². The number of nitrogens with zero attached hydrogens (tertiary/aromatic N) is 1. The lowest BCUT2D eigenvalue weighted by atomic mass is 10.2. The molecular formula is C15H13Cl2NO2. The van der Waals surface area contributed by atoms with E-state index >= 15 is 0 Å². The Kier molecular flexibility index (Phi) is 4.88. The molecule has 0 saturated heterocycles. The Morgan fingerprint density at radius 3 is 2.40 bits per heavy atom. The van der Waals surface area contributed by atoms with E-state index in [1.54, 1.807) is 38.6 Å².